The van der Waals surface area contributed by atoms with Gasteiger partial charge in [-0.15, -0.1) is 0 Å². The minimum Gasteiger partial charge on any atom is -0.348 e. The number of fused-ring (bicyclic) bond motifs is 1. The van der Waals surface area contributed by atoms with Gasteiger partial charge in [0.2, 0.25) is 0 Å². The minimum atomic E-state index is -0.305. The van der Waals surface area contributed by atoms with Gasteiger partial charge in [-0.1, -0.05) is 12.1 Å². The van der Waals surface area contributed by atoms with Gasteiger partial charge in [-0.3, -0.25) is 9.36 Å². The molecule has 0 saturated carbocycles. The Morgan fingerprint density at radius 3 is 2.59 bits per heavy atom. The molecule has 1 N–H and O–H groups in total. The van der Waals surface area contributed by atoms with Gasteiger partial charge in [0.15, 0.2) is 11.5 Å². The molecule has 0 atom stereocenters. The van der Waals surface area contributed by atoms with Crippen molar-refractivity contribution in [1.82, 2.24) is 24.8 Å². The van der Waals surface area contributed by atoms with E-state index in [0.29, 0.717) is 49.7 Å². The van der Waals surface area contributed by atoms with Crippen LogP contribution in [0.3, 0.4) is 0 Å². The molecule has 9 heteroatoms. The van der Waals surface area contributed by atoms with Crippen LogP contribution in [0.2, 0.25) is 0 Å². The standard InChI is InChI=1S/C20H21FN6O2/c1-25-17-16(3-2-8-22-17)24-18(19(25)28)26-9-11-27(12-10-26)20(29)23-13-14-4-6-15(21)7-5-14/h2-8H,9-13H2,1H3,(H,23,29). The van der Waals surface area contributed by atoms with Crippen molar-refractivity contribution in [1.29, 1.82) is 0 Å². The second kappa shape index (κ2) is 7.86. The molecule has 0 aliphatic carbocycles. The van der Waals surface area contributed by atoms with Crippen LogP contribution in [0.15, 0.2) is 47.4 Å². The second-order valence-electron chi connectivity index (χ2n) is 6.90. The number of amides is 2. The molecule has 1 aromatic carbocycles. The average Bonchev–Trinajstić information content (AvgIpc) is 2.76. The van der Waals surface area contributed by atoms with Crippen molar-refractivity contribution < 1.29 is 9.18 Å². The van der Waals surface area contributed by atoms with Crippen LogP contribution in [0.1, 0.15) is 5.56 Å². The summed E-state index contributed by atoms with van der Waals surface area (Å²) in [5.74, 6) is 0.0693. The molecule has 4 rings (SSSR count). The lowest BCUT2D eigenvalue weighted by molar-refractivity contribution is 0.193. The van der Waals surface area contributed by atoms with E-state index in [1.165, 1.54) is 16.7 Å². The van der Waals surface area contributed by atoms with Crippen LogP contribution in [-0.4, -0.2) is 51.6 Å². The van der Waals surface area contributed by atoms with Gasteiger partial charge < -0.3 is 15.1 Å². The number of pyridine rings is 1. The van der Waals surface area contributed by atoms with Gasteiger partial charge >= 0.3 is 6.03 Å². The molecule has 0 bridgehead atoms. The van der Waals surface area contributed by atoms with Crippen molar-refractivity contribution in [2.24, 2.45) is 7.05 Å². The quantitative estimate of drug-likeness (QED) is 0.726. The summed E-state index contributed by atoms with van der Waals surface area (Å²) in [6.07, 6.45) is 1.63. The number of aryl methyl sites for hydroxylation is 1. The number of benzene rings is 1. The summed E-state index contributed by atoms with van der Waals surface area (Å²) >= 11 is 0. The Morgan fingerprint density at radius 2 is 1.86 bits per heavy atom. The van der Waals surface area contributed by atoms with E-state index in [2.05, 4.69) is 15.3 Å². The molecule has 150 valence electrons. The number of piperazine rings is 1. The number of rotatable bonds is 3. The van der Waals surface area contributed by atoms with E-state index < -0.39 is 0 Å². The Morgan fingerprint density at radius 1 is 1.14 bits per heavy atom. The van der Waals surface area contributed by atoms with Gasteiger partial charge in [-0.2, -0.15) is 0 Å². The lowest BCUT2D eigenvalue weighted by atomic mass is 10.2. The van der Waals surface area contributed by atoms with Crippen molar-refractivity contribution in [3.8, 4) is 0 Å². The molecule has 8 nitrogen and oxygen atoms in total. The van der Waals surface area contributed by atoms with E-state index in [0.717, 1.165) is 5.56 Å². The molecule has 1 aliphatic rings. The molecule has 1 saturated heterocycles. The first-order chi connectivity index (χ1) is 14.0. The fourth-order valence-corrected chi connectivity index (χ4v) is 3.36. The van der Waals surface area contributed by atoms with Gasteiger partial charge in [0.25, 0.3) is 5.56 Å². The Labute approximate surface area is 166 Å². The summed E-state index contributed by atoms with van der Waals surface area (Å²) in [6.45, 7) is 2.31. The van der Waals surface area contributed by atoms with Crippen LogP contribution in [0.4, 0.5) is 15.0 Å². The fraction of sp³-hybridized carbons (Fsp3) is 0.300. The maximum atomic E-state index is 13.0. The average molecular weight is 396 g/mol. The molecule has 3 heterocycles. The Hall–Kier alpha value is -3.49. The largest absolute Gasteiger partial charge is 0.348 e. The van der Waals surface area contributed by atoms with E-state index in [9.17, 15) is 14.0 Å². The number of hydrogen-bond donors (Lipinski definition) is 1. The lowest BCUT2D eigenvalue weighted by Gasteiger charge is -2.35. The molecule has 1 fully saturated rings. The van der Waals surface area contributed by atoms with Crippen LogP contribution in [-0.2, 0) is 13.6 Å². The zero-order valence-electron chi connectivity index (χ0n) is 16.0. The number of carbonyl (C=O) groups is 1. The summed E-state index contributed by atoms with van der Waals surface area (Å²) < 4.78 is 14.5. The van der Waals surface area contributed by atoms with Gasteiger partial charge in [-0.05, 0) is 29.8 Å². The smallest absolute Gasteiger partial charge is 0.317 e. The highest BCUT2D eigenvalue weighted by atomic mass is 19.1. The minimum absolute atomic E-state index is 0.183. The number of halogens is 1. The number of hydrogen-bond acceptors (Lipinski definition) is 5. The summed E-state index contributed by atoms with van der Waals surface area (Å²) in [5.41, 5.74) is 1.82. The molecule has 2 amide bonds. The lowest BCUT2D eigenvalue weighted by Crippen LogP contribution is -2.53. The van der Waals surface area contributed by atoms with Crippen LogP contribution in [0.25, 0.3) is 11.2 Å². The Bertz CT molecular complexity index is 1090. The zero-order chi connectivity index (χ0) is 20.4. The summed E-state index contributed by atoms with van der Waals surface area (Å²) in [4.78, 5) is 37.4. The zero-order valence-corrected chi connectivity index (χ0v) is 16.0. The number of nitrogens with one attached hydrogen (secondary N) is 1. The number of anilines is 1. The third kappa shape index (κ3) is 3.89. The Kier molecular flexibility index (Phi) is 5.11. The number of aromatic nitrogens is 3. The molecular weight excluding hydrogens is 375 g/mol. The third-order valence-electron chi connectivity index (χ3n) is 5.03. The molecule has 0 spiro atoms. The maximum Gasteiger partial charge on any atom is 0.317 e. The highest BCUT2D eigenvalue weighted by molar-refractivity contribution is 5.75. The van der Waals surface area contributed by atoms with Gasteiger partial charge in [-0.25, -0.2) is 19.2 Å². The number of carbonyl (C=O) groups excluding carboxylic acids is 1. The summed E-state index contributed by atoms with van der Waals surface area (Å²) in [7, 11) is 1.68. The maximum absolute atomic E-state index is 13.0. The van der Waals surface area contributed by atoms with E-state index in [1.807, 2.05) is 11.0 Å². The predicted octanol–water partition coefficient (Wildman–Crippen LogP) is 1.50. The molecule has 0 radical (unpaired) electrons. The van der Waals surface area contributed by atoms with Crippen molar-refractivity contribution >= 4 is 23.0 Å². The topological polar surface area (TPSA) is 83.4 Å². The van der Waals surface area contributed by atoms with Crippen molar-refractivity contribution in [3.63, 3.8) is 0 Å². The van der Waals surface area contributed by atoms with E-state index >= 15 is 0 Å². The van der Waals surface area contributed by atoms with E-state index in [1.54, 1.807) is 36.3 Å². The molecular formula is C20H21FN6O2. The Balaban J connectivity index is 1.40. The highest BCUT2D eigenvalue weighted by Gasteiger charge is 2.24. The van der Waals surface area contributed by atoms with Gasteiger partial charge in [0.1, 0.15) is 11.3 Å². The summed E-state index contributed by atoms with van der Waals surface area (Å²) in [5, 5.41) is 2.84. The van der Waals surface area contributed by atoms with E-state index in [-0.39, 0.29) is 17.4 Å². The number of urea groups is 1. The molecule has 2 aromatic heterocycles. The fourth-order valence-electron chi connectivity index (χ4n) is 3.36. The third-order valence-corrected chi connectivity index (χ3v) is 5.03. The van der Waals surface area contributed by atoms with Crippen LogP contribution < -0.4 is 15.8 Å². The van der Waals surface area contributed by atoms with Gasteiger partial charge in [0, 0.05) is 46.0 Å². The monoisotopic (exact) mass is 396 g/mol. The molecule has 29 heavy (non-hydrogen) atoms. The van der Waals surface area contributed by atoms with Crippen molar-refractivity contribution in [2.75, 3.05) is 31.1 Å². The summed E-state index contributed by atoms with van der Waals surface area (Å²) in [6, 6.07) is 9.45. The normalized spacial score (nSPS) is 14.3. The van der Waals surface area contributed by atoms with Crippen LogP contribution in [0, 0.1) is 5.82 Å². The molecule has 3 aromatic rings. The van der Waals surface area contributed by atoms with Crippen LogP contribution >= 0.6 is 0 Å². The van der Waals surface area contributed by atoms with Crippen molar-refractivity contribution in [2.45, 2.75) is 6.54 Å². The van der Waals surface area contributed by atoms with Crippen LogP contribution in [0.5, 0.6) is 0 Å². The number of nitrogens with zero attached hydrogens (tertiary/aromatic N) is 5. The van der Waals surface area contributed by atoms with Crippen molar-refractivity contribution in [3.05, 3.63) is 64.3 Å². The predicted molar refractivity (Wildman–Crippen MR) is 107 cm³/mol. The highest BCUT2D eigenvalue weighted by Crippen LogP contribution is 2.14. The second-order valence-corrected chi connectivity index (χ2v) is 6.90. The SMILES string of the molecule is Cn1c(=O)c(N2CCN(C(=O)NCc3ccc(F)cc3)CC2)nc2cccnc21. The van der Waals surface area contributed by atoms with Gasteiger partial charge in [0.05, 0.1) is 0 Å². The first-order valence-electron chi connectivity index (χ1n) is 9.37. The first-order valence-corrected chi connectivity index (χ1v) is 9.37. The molecule has 1 aliphatic heterocycles. The molecule has 0 unspecified atom stereocenters. The van der Waals surface area contributed by atoms with E-state index in [4.69, 9.17) is 0 Å². The first kappa shape index (κ1) is 18.9.